The minimum Gasteiger partial charge on any atom is -0.493 e. The lowest BCUT2D eigenvalue weighted by Gasteiger charge is -2.36. The molecule has 0 N–H and O–H groups in total. The van der Waals surface area contributed by atoms with E-state index in [2.05, 4.69) is 39.9 Å². The van der Waals surface area contributed by atoms with E-state index < -0.39 is 0 Å². The maximum atomic E-state index is 6.07. The standard InChI is InChI=1S/C23H31N3O2/c1-18-6-9-22(23(13-18)27-2)28-12-11-26-15-19-7-8-21(26)17-25(14-19)16-20-5-3-4-10-24-20/h3-6,9-10,13,19,21H,7-8,11-12,14-17H2,1-2H3/t19-,21+/m0/s1. The SMILES string of the molecule is COc1cc(C)ccc1OCCN1C[C@H]2CC[C@@H]1CN(Cc1ccccn1)C2. The third-order valence-corrected chi connectivity index (χ3v) is 5.97. The highest BCUT2D eigenvalue weighted by atomic mass is 16.5. The monoisotopic (exact) mass is 381 g/mol. The van der Waals surface area contributed by atoms with Crippen LogP contribution in [-0.4, -0.2) is 60.7 Å². The van der Waals surface area contributed by atoms with E-state index in [4.69, 9.17) is 9.47 Å². The number of hydrogen-bond acceptors (Lipinski definition) is 5. The molecule has 150 valence electrons. The van der Waals surface area contributed by atoms with Crippen molar-refractivity contribution in [1.29, 1.82) is 0 Å². The Labute approximate surface area is 168 Å². The predicted molar refractivity (Wildman–Crippen MR) is 111 cm³/mol. The van der Waals surface area contributed by atoms with Gasteiger partial charge in [0.05, 0.1) is 12.8 Å². The largest absolute Gasteiger partial charge is 0.493 e. The molecular weight excluding hydrogens is 350 g/mol. The van der Waals surface area contributed by atoms with E-state index in [9.17, 15) is 0 Å². The van der Waals surface area contributed by atoms with Gasteiger partial charge in [0.1, 0.15) is 6.61 Å². The zero-order chi connectivity index (χ0) is 19.3. The Kier molecular flexibility index (Phi) is 6.13. The van der Waals surface area contributed by atoms with Crippen molar-refractivity contribution in [3.8, 4) is 11.5 Å². The molecule has 0 spiro atoms. The molecule has 28 heavy (non-hydrogen) atoms. The number of methoxy groups -OCH3 is 1. The van der Waals surface area contributed by atoms with Gasteiger partial charge in [-0.15, -0.1) is 0 Å². The van der Waals surface area contributed by atoms with Gasteiger partial charge in [0.15, 0.2) is 11.5 Å². The van der Waals surface area contributed by atoms with E-state index in [0.717, 1.165) is 37.1 Å². The summed E-state index contributed by atoms with van der Waals surface area (Å²) in [4.78, 5) is 9.74. The van der Waals surface area contributed by atoms with Crippen LogP contribution in [0.25, 0.3) is 0 Å². The lowest BCUT2D eigenvalue weighted by Crippen LogP contribution is -2.45. The fraction of sp³-hybridized carbons (Fsp3) is 0.522. The number of piperidine rings is 1. The van der Waals surface area contributed by atoms with Gasteiger partial charge in [-0.05, 0) is 55.5 Å². The van der Waals surface area contributed by atoms with Crippen LogP contribution >= 0.6 is 0 Å². The summed E-state index contributed by atoms with van der Waals surface area (Å²) in [6.07, 6.45) is 4.52. The van der Waals surface area contributed by atoms with Crippen LogP contribution in [0, 0.1) is 12.8 Å². The van der Waals surface area contributed by atoms with Gasteiger partial charge in [-0.1, -0.05) is 12.1 Å². The number of hydrogen-bond donors (Lipinski definition) is 0. The van der Waals surface area contributed by atoms with Crippen molar-refractivity contribution in [3.05, 3.63) is 53.9 Å². The first-order chi connectivity index (χ1) is 13.7. The Morgan fingerprint density at radius 3 is 2.82 bits per heavy atom. The summed E-state index contributed by atoms with van der Waals surface area (Å²) in [5, 5.41) is 0. The Balaban J connectivity index is 1.33. The van der Waals surface area contributed by atoms with Gasteiger partial charge in [-0.3, -0.25) is 14.8 Å². The summed E-state index contributed by atoms with van der Waals surface area (Å²) in [6.45, 7) is 8.17. The molecule has 3 aliphatic rings. The Hall–Kier alpha value is -2.11. The zero-order valence-corrected chi connectivity index (χ0v) is 17.0. The van der Waals surface area contributed by atoms with Gasteiger partial charge in [-0.25, -0.2) is 0 Å². The molecule has 0 radical (unpaired) electrons. The molecule has 3 aliphatic heterocycles. The third kappa shape index (κ3) is 4.65. The molecule has 2 aromatic rings. The summed E-state index contributed by atoms with van der Waals surface area (Å²) < 4.78 is 11.5. The highest BCUT2D eigenvalue weighted by Crippen LogP contribution is 2.30. The molecule has 0 saturated carbocycles. The average Bonchev–Trinajstić information content (AvgIpc) is 3.00. The number of aryl methyl sites for hydroxylation is 1. The average molecular weight is 382 g/mol. The maximum absolute atomic E-state index is 6.07. The van der Waals surface area contributed by atoms with Crippen LogP contribution in [0.5, 0.6) is 11.5 Å². The molecule has 1 aromatic carbocycles. The number of fused-ring (bicyclic) bond motifs is 4. The van der Waals surface area contributed by atoms with Crippen LogP contribution in [0.3, 0.4) is 0 Å². The topological polar surface area (TPSA) is 37.8 Å². The first-order valence-electron chi connectivity index (χ1n) is 10.3. The number of pyridine rings is 1. The van der Waals surface area contributed by atoms with E-state index in [-0.39, 0.29) is 0 Å². The molecule has 0 unspecified atom stereocenters. The van der Waals surface area contributed by atoms with Crippen molar-refractivity contribution in [2.45, 2.75) is 32.4 Å². The van der Waals surface area contributed by atoms with Crippen molar-refractivity contribution in [3.63, 3.8) is 0 Å². The first kappa shape index (κ1) is 19.2. The third-order valence-electron chi connectivity index (χ3n) is 5.97. The summed E-state index contributed by atoms with van der Waals surface area (Å²) in [5.41, 5.74) is 2.35. The maximum Gasteiger partial charge on any atom is 0.161 e. The smallest absolute Gasteiger partial charge is 0.161 e. The quantitative estimate of drug-likeness (QED) is 0.735. The highest BCUT2D eigenvalue weighted by Gasteiger charge is 2.34. The lowest BCUT2D eigenvalue weighted by atomic mass is 9.95. The van der Waals surface area contributed by atoms with Crippen molar-refractivity contribution in [2.24, 2.45) is 5.92 Å². The molecule has 5 nitrogen and oxygen atoms in total. The summed E-state index contributed by atoms with van der Waals surface area (Å²) in [5.74, 6) is 2.40. The Morgan fingerprint density at radius 1 is 1.07 bits per heavy atom. The molecule has 2 atom stereocenters. The Bertz CT molecular complexity index is 768. The second-order valence-corrected chi connectivity index (χ2v) is 8.11. The minimum absolute atomic E-state index is 0.617. The second kappa shape index (κ2) is 8.93. The van der Waals surface area contributed by atoms with Crippen molar-refractivity contribution < 1.29 is 9.47 Å². The molecule has 0 aliphatic carbocycles. The van der Waals surface area contributed by atoms with Crippen LogP contribution in [0.4, 0.5) is 0 Å². The first-order valence-corrected chi connectivity index (χ1v) is 10.3. The zero-order valence-electron chi connectivity index (χ0n) is 17.0. The fourth-order valence-corrected chi connectivity index (χ4v) is 4.57. The van der Waals surface area contributed by atoms with E-state index in [1.54, 1.807) is 7.11 Å². The van der Waals surface area contributed by atoms with Gasteiger partial charge in [0, 0.05) is 45.0 Å². The van der Waals surface area contributed by atoms with Crippen LogP contribution in [0.15, 0.2) is 42.6 Å². The molecule has 2 bridgehead atoms. The van der Waals surface area contributed by atoms with Crippen LogP contribution in [0.2, 0.25) is 0 Å². The van der Waals surface area contributed by atoms with Crippen LogP contribution in [0.1, 0.15) is 24.1 Å². The summed E-state index contributed by atoms with van der Waals surface area (Å²) in [6, 6.07) is 12.9. The normalized spacial score (nSPS) is 22.8. The number of benzene rings is 1. The second-order valence-electron chi connectivity index (χ2n) is 8.11. The molecule has 3 saturated heterocycles. The predicted octanol–water partition coefficient (Wildman–Crippen LogP) is 3.37. The molecular formula is C23H31N3O2. The van der Waals surface area contributed by atoms with Crippen LogP contribution < -0.4 is 9.47 Å². The lowest BCUT2D eigenvalue weighted by molar-refractivity contribution is 0.109. The fourth-order valence-electron chi connectivity index (χ4n) is 4.57. The highest BCUT2D eigenvalue weighted by molar-refractivity contribution is 5.42. The van der Waals surface area contributed by atoms with E-state index >= 15 is 0 Å². The number of nitrogens with zero attached hydrogens (tertiary/aromatic N) is 3. The molecule has 0 amide bonds. The van der Waals surface area contributed by atoms with Gasteiger partial charge >= 0.3 is 0 Å². The molecule has 4 heterocycles. The summed E-state index contributed by atoms with van der Waals surface area (Å²) >= 11 is 0. The van der Waals surface area contributed by atoms with Crippen LogP contribution in [-0.2, 0) is 6.54 Å². The number of rotatable bonds is 7. The van der Waals surface area contributed by atoms with Gasteiger partial charge < -0.3 is 9.47 Å². The number of aromatic nitrogens is 1. The molecule has 5 heteroatoms. The van der Waals surface area contributed by atoms with Gasteiger partial charge in [-0.2, -0.15) is 0 Å². The van der Waals surface area contributed by atoms with Crippen molar-refractivity contribution in [2.75, 3.05) is 39.9 Å². The number of ether oxygens (including phenoxy) is 2. The molecule has 5 rings (SSSR count). The minimum atomic E-state index is 0.617. The molecule has 1 aromatic heterocycles. The van der Waals surface area contributed by atoms with Crippen molar-refractivity contribution >= 4 is 0 Å². The van der Waals surface area contributed by atoms with E-state index in [0.29, 0.717) is 12.6 Å². The summed E-state index contributed by atoms with van der Waals surface area (Å²) in [7, 11) is 1.70. The van der Waals surface area contributed by atoms with E-state index in [1.165, 1.54) is 37.2 Å². The van der Waals surface area contributed by atoms with Crippen molar-refractivity contribution in [1.82, 2.24) is 14.8 Å². The van der Waals surface area contributed by atoms with Gasteiger partial charge in [0.25, 0.3) is 0 Å². The van der Waals surface area contributed by atoms with Gasteiger partial charge in [0.2, 0.25) is 0 Å². The molecule has 3 fully saturated rings. The Morgan fingerprint density at radius 2 is 2.00 bits per heavy atom. The van der Waals surface area contributed by atoms with E-state index in [1.807, 2.05) is 24.4 Å².